The molecule has 0 fully saturated rings. The van der Waals surface area contributed by atoms with E-state index in [-0.39, 0.29) is 12.2 Å². The molecular formula is C22H26F3NO2S. The molecule has 0 bridgehead atoms. The van der Waals surface area contributed by atoms with E-state index >= 15 is 0 Å². The summed E-state index contributed by atoms with van der Waals surface area (Å²) < 4.78 is 39.7. The lowest BCUT2D eigenvalue weighted by Crippen LogP contribution is -2.41. The molecule has 0 saturated heterocycles. The molecule has 2 aromatic carbocycles. The Hall–Kier alpha value is -1.99. The molecule has 0 aromatic heterocycles. The Bertz CT molecular complexity index is 811. The third-order valence-electron chi connectivity index (χ3n) is 4.54. The molecule has 0 saturated carbocycles. The fourth-order valence-corrected chi connectivity index (χ4v) is 3.78. The highest BCUT2D eigenvalue weighted by atomic mass is 32.2. The highest BCUT2D eigenvalue weighted by molar-refractivity contribution is 7.99. The topological polar surface area (TPSA) is 40.5 Å². The molecule has 0 spiro atoms. The van der Waals surface area contributed by atoms with Crippen molar-refractivity contribution >= 4 is 23.4 Å². The maximum Gasteiger partial charge on any atom is 0.471 e. The number of anilines is 1. The van der Waals surface area contributed by atoms with Gasteiger partial charge in [-0.05, 0) is 42.7 Å². The predicted octanol–water partition coefficient (Wildman–Crippen LogP) is 5.73. The van der Waals surface area contributed by atoms with Crippen LogP contribution in [0.1, 0.15) is 37.3 Å². The van der Waals surface area contributed by atoms with Crippen molar-refractivity contribution in [2.75, 3.05) is 10.7 Å². The number of unbranched alkanes of at least 4 members (excludes halogenated alkanes) is 1. The Morgan fingerprint density at radius 2 is 1.90 bits per heavy atom. The van der Waals surface area contributed by atoms with Gasteiger partial charge < -0.3 is 10.0 Å². The van der Waals surface area contributed by atoms with E-state index in [1.54, 1.807) is 49.4 Å². The van der Waals surface area contributed by atoms with E-state index in [1.807, 2.05) is 6.92 Å². The lowest BCUT2D eigenvalue weighted by atomic mass is 10.1. The molecule has 0 heterocycles. The zero-order chi connectivity index (χ0) is 21.4. The van der Waals surface area contributed by atoms with Gasteiger partial charge in [0.1, 0.15) is 0 Å². The summed E-state index contributed by atoms with van der Waals surface area (Å²) in [7, 11) is 0. The molecule has 0 aliphatic carbocycles. The first-order valence-corrected chi connectivity index (χ1v) is 10.5. The fraction of sp³-hybridized carbons (Fsp3) is 0.409. The van der Waals surface area contributed by atoms with Crippen molar-refractivity contribution in [3.63, 3.8) is 0 Å². The van der Waals surface area contributed by atoms with Crippen LogP contribution in [0, 0.1) is 6.92 Å². The zero-order valence-corrected chi connectivity index (χ0v) is 17.4. The second kappa shape index (κ2) is 10.7. The molecule has 1 N–H and O–H groups in total. The molecule has 1 atom stereocenters. The smallest absolute Gasteiger partial charge is 0.392 e. The molecule has 2 rings (SSSR count). The lowest BCUT2D eigenvalue weighted by molar-refractivity contribution is -0.170. The molecule has 3 nitrogen and oxygen atoms in total. The Morgan fingerprint density at radius 1 is 1.17 bits per heavy atom. The first kappa shape index (κ1) is 23.3. The van der Waals surface area contributed by atoms with E-state index in [2.05, 4.69) is 0 Å². The number of benzene rings is 2. The number of carbonyl (C=O) groups excluding carboxylic acids is 1. The summed E-state index contributed by atoms with van der Waals surface area (Å²) >= 11 is 1.37. The maximum absolute atomic E-state index is 13.2. The van der Waals surface area contributed by atoms with Gasteiger partial charge in [0.2, 0.25) is 0 Å². The van der Waals surface area contributed by atoms with Gasteiger partial charge in [-0.3, -0.25) is 4.79 Å². The maximum atomic E-state index is 13.2. The van der Waals surface area contributed by atoms with Gasteiger partial charge in [0.05, 0.1) is 12.6 Å². The van der Waals surface area contributed by atoms with E-state index in [4.69, 9.17) is 0 Å². The van der Waals surface area contributed by atoms with Crippen molar-refractivity contribution in [3.05, 3.63) is 59.7 Å². The molecule has 0 aliphatic rings. The normalized spacial score (nSPS) is 12.6. The van der Waals surface area contributed by atoms with Gasteiger partial charge >= 0.3 is 12.1 Å². The van der Waals surface area contributed by atoms with E-state index < -0.39 is 18.2 Å². The quantitative estimate of drug-likeness (QED) is 0.521. The first-order valence-electron chi connectivity index (χ1n) is 9.56. The largest absolute Gasteiger partial charge is 0.471 e. The average molecular weight is 426 g/mol. The molecule has 0 unspecified atom stereocenters. The number of amides is 1. The molecule has 2 aromatic rings. The predicted molar refractivity (Wildman–Crippen MR) is 111 cm³/mol. The number of carbonyl (C=O) groups is 1. The third-order valence-corrected chi connectivity index (χ3v) is 5.68. The molecule has 0 aliphatic heterocycles. The number of rotatable bonds is 9. The summed E-state index contributed by atoms with van der Waals surface area (Å²) in [5.41, 5.74) is 1.65. The van der Waals surface area contributed by atoms with Crippen molar-refractivity contribution in [2.45, 2.75) is 56.8 Å². The van der Waals surface area contributed by atoms with Gasteiger partial charge in [-0.2, -0.15) is 13.2 Å². The summed E-state index contributed by atoms with van der Waals surface area (Å²) in [6.07, 6.45) is -2.84. The van der Waals surface area contributed by atoms with Gasteiger partial charge in [-0.1, -0.05) is 50.1 Å². The first-order chi connectivity index (χ1) is 13.7. The summed E-state index contributed by atoms with van der Waals surface area (Å²) in [6.45, 7) is 3.68. The van der Waals surface area contributed by atoms with Crippen molar-refractivity contribution in [3.8, 4) is 0 Å². The summed E-state index contributed by atoms with van der Waals surface area (Å²) in [5.74, 6) is -1.44. The number of alkyl halides is 3. The van der Waals surface area contributed by atoms with Crippen LogP contribution in [-0.2, 0) is 11.3 Å². The number of aryl methyl sites for hydroxylation is 1. The molecular weight excluding hydrogens is 399 g/mol. The standard InChI is InChI=1S/C22H26F3NO2S/c1-3-4-11-19(27)15-29-20-12-7-10-18(13-20)26(21(28)22(23,24)25)14-17-9-6-5-8-16(17)2/h5-10,12-13,19,27H,3-4,11,14-15H2,1-2H3/t19-/m0/s1. The number of halogens is 3. The van der Waals surface area contributed by atoms with Crippen LogP contribution in [-0.4, -0.2) is 29.0 Å². The van der Waals surface area contributed by atoms with E-state index in [0.717, 1.165) is 23.3 Å². The Labute approximate surface area is 173 Å². The molecule has 158 valence electrons. The van der Waals surface area contributed by atoms with Crippen LogP contribution in [0.25, 0.3) is 0 Å². The van der Waals surface area contributed by atoms with Gasteiger partial charge in [-0.25, -0.2) is 0 Å². The lowest BCUT2D eigenvalue weighted by Gasteiger charge is -2.25. The Kier molecular flexibility index (Phi) is 8.59. The van der Waals surface area contributed by atoms with Crippen LogP contribution in [0.2, 0.25) is 0 Å². The summed E-state index contributed by atoms with van der Waals surface area (Å²) in [4.78, 5) is 13.6. The second-order valence-corrected chi connectivity index (χ2v) is 8.01. The van der Waals surface area contributed by atoms with Gasteiger partial charge in [0.25, 0.3) is 0 Å². The van der Waals surface area contributed by atoms with Crippen molar-refractivity contribution < 1.29 is 23.1 Å². The van der Waals surface area contributed by atoms with Crippen LogP contribution in [0.3, 0.4) is 0 Å². The highest BCUT2D eigenvalue weighted by Crippen LogP contribution is 2.30. The SMILES string of the molecule is CCCC[C@H](O)CSc1cccc(N(Cc2ccccc2C)C(=O)C(F)(F)F)c1. The summed E-state index contributed by atoms with van der Waals surface area (Å²) in [5, 5.41) is 10.0. The van der Waals surface area contributed by atoms with E-state index in [1.165, 1.54) is 17.8 Å². The number of nitrogens with zero attached hydrogens (tertiary/aromatic N) is 1. The van der Waals surface area contributed by atoms with E-state index in [0.29, 0.717) is 22.6 Å². The van der Waals surface area contributed by atoms with Crippen LogP contribution in [0.15, 0.2) is 53.4 Å². The van der Waals surface area contributed by atoms with Gasteiger partial charge in [-0.15, -0.1) is 11.8 Å². The number of aliphatic hydroxyl groups is 1. The molecule has 29 heavy (non-hydrogen) atoms. The monoisotopic (exact) mass is 425 g/mol. The number of aliphatic hydroxyl groups excluding tert-OH is 1. The molecule has 7 heteroatoms. The van der Waals surface area contributed by atoms with Gasteiger partial charge in [0, 0.05) is 16.3 Å². The van der Waals surface area contributed by atoms with Crippen molar-refractivity contribution in [1.82, 2.24) is 0 Å². The Morgan fingerprint density at radius 3 is 2.55 bits per heavy atom. The minimum absolute atomic E-state index is 0.168. The average Bonchev–Trinajstić information content (AvgIpc) is 2.69. The minimum atomic E-state index is -4.97. The minimum Gasteiger partial charge on any atom is -0.392 e. The fourth-order valence-electron chi connectivity index (χ4n) is 2.85. The third kappa shape index (κ3) is 7.08. The van der Waals surface area contributed by atoms with Crippen LogP contribution >= 0.6 is 11.8 Å². The van der Waals surface area contributed by atoms with Crippen LogP contribution in [0.5, 0.6) is 0 Å². The zero-order valence-electron chi connectivity index (χ0n) is 16.6. The van der Waals surface area contributed by atoms with Crippen LogP contribution in [0.4, 0.5) is 18.9 Å². The van der Waals surface area contributed by atoms with Gasteiger partial charge in [0.15, 0.2) is 0 Å². The number of hydrogen-bond donors (Lipinski definition) is 1. The second-order valence-electron chi connectivity index (χ2n) is 6.92. The van der Waals surface area contributed by atoms with Crippen LogP contribution < -0.4 is 4.90 Å². The Balaban J connectivity index is 2.24. The van der Waals surface area contributed by atoms with E-state index in [9.17, 15) is 23.1 Å². The summed E-state index contributed by atoms with van der Waals surface area (Å²) in [6, 6.07) is 13.5. The highest BCUT2D eigenvalue weighted by Gasteiger charge is 2.43. The van der Waals surface area contributed by atoms with Crippen molar-refractivity contribution in [1.29, 1.82) is 0 Å². The van der Waals surface area contributed by atoms with Crippen molar-refractivity contribution in [2.24, 2.45) is 0 Å². The number of hydrogen-bond acceptors (Lipinski definition) is 3. The molecule has 0 radical (unpaired) electrons. The molecule has 1 amide bonds. The number of thioether (sulfide) groups is 1.